The Labute approximate surface area is 118 Å². The van der Waals surface area contributed by atoms with Crippen LogP contribution in [0.25, 0.3) is 0 Å². The van der Waals surface area contributed by atoms with E-state index in [1.54, 1.807) is 18.2 Å². The van der Waals surface area contributed by atoms with Gasteiger partial charge in [0.25, 0.3) is 10.0 Å². The molecule has 0 unspecified atom stereocenters. The summed E-state index contributed by atoms with van der Waals surface area (Å²) < 4.78 is 40.0. The highest BCUT2D eigenvalue weighted by atomic mass is 32.2. The van der Waals surface area contributed by atoms with E-state index in [1.807, 2.05) is 0 Å². The van der Waals surface area contributed by atoms with E-state index in [9.17, 15) is 12.8 Å². The smallest absolute Gasteiger partial charge is 0.261 e. The third kappa shape index (κ3) is 3.36. The molecule has 20 heavy (non-hydrogen) atoms. The fraction of sp³-hybridized carbons (Fsp3) is 0.200. The highest BCUT2D eigenvalue weighted by Gasteiger charge is 2.15. The molecule has 1 N–H and O–H groups in total. The van der Waals surface area contributed by atoms with Gasteiger partial charge in [-0.15, -0.1) is 0 Å². The Hall–Kier alpha value is -1.88. The zero-order chi connectivity index (χ0) is 14.6. The van der Waals surface area contributed by atoms with Crippen molar-refractivity contribution >= 4 is 15.7 Å². The molecule has 0 aliphatic rings. The van der Waals surface area contributed by atoms with Crippen LogP contribution in [0.4, 0.5) is 10.1 Å². The molecule has 2 aromatic carbocycles. The van der Waals surface area contributed by atoms with Crippen molar-refractivity contribution in [2.75, 3.05) is 4.72 Å². The number of aryl methyl sites for hydroxylation is 1. The molecule has 0 radical (unpaired) electrons. The van der Waals surface area contributed by atoms with Crippen LogP contribution >= 0.6 is 0 Å². The average molecular weight is 293 g/mol. The van der Waals surface area contributed by atoms with Gasteiger partial charge in [-0.05, 0) is 36.2 Å². The molecule has 0 aliphatic heterocycles. The summed E-state index contributed by atoms with van der Waals surface area (Å²) in [7, 11) is -3.76. The van der Waals surface area contributed by atoms with E-state index >= 15 is 0 Å². The molecule has 0 spiro atoms. The van der Waals surface area contributed by atoms with Gasteiger partial charge in [0.1, 0.15) is 5.82 Å². The number of nitrogens with one attached hydrogen (secondary N) is 1. The first-order valence-electron chi connectivity index (χ1n) is 6.39. The summed E-state index contributed by atoms with van der Waals surface area (Å²) in [5, 5.41) is 0. The van der Waals surface area contributed by atoms with Crippen molar-refractivity contribution in [1.82, 2.24) is 0 Å². The third-order valence-electron chi connectivity index (χ3n) is 2.89. The summed E-state index contributed by atoms with van der Waals surface area (Å²) in [6.45, 7) is 2.06. The number of hydrogen-bond donors (Lipinski definition) is 1. The van der Waals surface area contributed by atoms with Crippen molar-refractivity contribution in [3.8, 4) is 0 Å². The first-order valence-corrected chi connectivity index (χ1v) is 7.87. The van der Waals surface area contributed by atoms with Crippen molar-refractivity contribution in [2.24, 2.45) is 0 Å². The molecule has 0 bridgehead atoms. The van der Waals surface area contributed by atoms with Crippen LogP contribution in [0.15, 0.2) is 53.4 Å². The predicted octanol–water partition coefficient (Wildman–Crippen LogP) is 3.58. The summed E-state index contributed by atoms with van der Waals surface area (Å²) >= 11 is 0. The molecule has 0 amide bonds. The summed E-state index contributed by atoms with van der Waals surface area (Å²) in [6.07, 6.45) is 1.90. The number of halogens is 1. The second-order valence-corrected chi connectivity index (χ2v) is 6.16. The van der Waals surface area contributed by atoms with Gasteiger partial charge in [-0.25, -0.2) is 12.8 Å². The molecule has 0 saturated carbocycles. The van der Waals surface area contributed by atoms with Gasteiger partial charge < -0.3 is 0 Å². The largest absolute Gasteiger partial charge is 0.277 e. The molecule has 0 heterocycles. The summed E-state index contributed by atoms with van der Waals surface area (Å²) in [4.78, 5) is 0.126. The van der Waals surface area contributed by atoms with Gasteiger partial charge in [-0.3, -0.25) is 4.72 Å². The summed E-state index contributed by atoms with van der Waals surface area (Å²) in [6, 6.07) is 12.3. The number of anilines is 1. The lowest BCUT2D eigenvalue weighted by atomic mass is 10.1. The minimum absolute atomic E-state index is 0.0508. The first kappa shape index (κ1) is 14.5. The zero-order valence-corrected chi connectivity index (χ0v) is 12.0. The Morgan fingerprint density at radius 3 is 2.30 bits per heavy atom. The minimum atomic E-state index is -3.76. The molecule has 0 atom stereocenters. The Kier molecular flexibility index (Phi) is 4.39. The van der Waals surface area contributed by atoms with Crippen molar-refractivity contribution < 1.29 is 12.8 Å². The average Bonchev–Trinajstić information content (AvgIpc) is 2.42. The minimum Gasteiger partial charge on any atom is -0.277 e. The second kappa shape index (κ2) is 6.05. The number of benzene rings is 2. The van der Waals surface area contributed by atoms with Crippen molar-refractivity contribution in [1.29, 1.82) is 0 Å². The van der Waals surface area contributed by atoms with Gasteiger partial charge in [0.2, 0.25) is 0 Å². The molecule has 0 aromatic heterocycles. The monoisotopic (exact) mass is 293 g/mol. The highest BCUT2D eigenvalue weighted by Crippen LogP contribution is 2.19. The SMILES string of the molecule is CCCc1ccc(S(=O)(=O)Nc2ccccc2F)cc1. The molecule has 0 aliphatic carbocycles. The van der Waals surface area contributed by atoms with Crippen LogP contribution in [0.3, 0.4) is 0 Å². The van der Waals surface area contributed by atoms with Crippen LogP contribution in [0, 0.1) is 5.82 Å². The predicted molar refractivity (Wildman–Crippen MR) is 77.6 cm³/mol. The number of hydrogen-bond acceptors (Lipinski definition) is 2. The quantitative estimate of drug-likeness (QED) is 0.916. The first-order chi connectivity index (χ1) is 9.53. The molecule has 106 valence electrons. The van der Waals surface area contributed by atoms with Gasteiger partial charge >= 0.3 is 0 Å². The molecule has 5 heteroatoms. The highest BCUT2D eigenvalue weighted by molar-refractivity contribution is 7.92. The Bertz CT molecular complexity index is 681. The Morgan fingerprint density at radius 2 is 1.70 bits per heavy atom. The van der Waals surface area contributed by atoms with Gasteiger partial charge in [-0.1, -0.05) is 37.6 Å². The van der Waals surface area contributed by atoms with Crippen LogP contribution in [-0.2, 0) is 16.4 Å². The van der Waals surface area contributed by atoms with Crippen LogP contribution in [-0.4, -0.2) is 8.42 Å². The lowest BCUT2D eigenvalue weighted by Gasteiger charge is -2.09. The van der Waals surface area contributed by atoms with Crippen LogP contribution < -0.4 is 4.72 Å². The lowest BCUT2D eigenvalue weighted by Crippen LogP contribution is -2.13. The van der Waals surface area contributed by atoms with Crippen LogP contribution in [0.5, 0.6) is 0 Å². The maximum Gasteiger partial charge on any atom is 0.261 e. The van der Waals surface area contributed by atoms with Crippen LogP contribution in [0.2, 0.25) is 0 Å². The zero-order valence-electron chi connectivity index (χ0n) is 11.1. The van der Waals surface area contributed by atoms with E-state index in [2.05, 4.69) is 11.6 Å². The van der Waals surface area contributed by atoms with Gasteiger partial charge in [-0.2, -0.15) is 0 Å². The molecule has 3 nitrogen and oxygen atoms in total. The standard InChI is InChI=1S/C15H16FNO2S/c1-2-5-12-8-10-13(11-9-12)20(18,19)17-15-7-4-3-6-14(15)16/h3-4,6-11,17H,2,5H2,1H3. The van der Waals surface area contributed by atoms with Gasteiger partial charge in [0.05, 0.1) is 10.6 Å². The normalized spacial score (nSPS) is 11.3. The van der Waals surface area contributed by atoms with Gasteiger partial charge in [0, 0.05) is 0 Å². The van der Waals surface area contributed by atoms with E-state index in [-0.39, 0.29) is 10.6 Å². The van der Waals surface area contributed by atoms with Crippen molar-refractivity contribution in [3.05, 3.63) is 59.9 Å². The molecule has 0 fully saturated rings. The maximum absolute atomic E-state index is 13.5. The van der Waals surface area contributed by atoms with Gasteiger partial charge in [0.15, 0.2) is 0 Å². The second-order valence-electron chi connectivity index (χ2n) is 4.48. The van der Waals surface area contributed by atoms with E-state index in [0.29, 0.717) is 0 Å². The summed E-state index contributed by atoms with van der Waals surface area (Å²) in [5.74, 6) is -0.598. The van der Waals surface area contributed by atoms with E-state index in [4.69, 9.17) is 0 Å². The molecule has 2 aromatic rings. The third-order valence-corrected chi connectivity index (χ3v) is 4.27. The molecule has 0 saturated heterocycles. The maximum atomic E-state index is 13.5. The number of rotatable bonds is 5. The van der Waals surface area contributed by atoms with Crippen LogP contribution in [0.1, 0.15) is 18.9 Å². The fourth-order valence-corrected chi connectivity index (χ4v) is 2.94. The topological polar surface area (TPSA) is 46.2 Å². The van der Waals surface area contributed by atoms with E-state index in [0.717, 1.165) is 18.4 Å². The Balaban J connectivity index is 2.24. The van der Waals surface area contributed by atoms with E-state index in [1.165, 1.54) is 30.3 Å². The molecular weight excluding hydrogens is 277 g/mol. The number of sulfonamides is 1. The van der Waals surface area contributed by atoms with Crippen molar-refractivity contribution in [2.45, 2.75) is 24.7 Å². The summed E-state index contributed by atoms with van der Waals surface area (Å²) in [5.41, 5.74) is 1.03. The fourth-order valence-electron chi connectivity index (χ4n) is 1.87. The molecule has 2 rings (SSSR count). The molecular formula is C15H16FNO2S. The lowest BCUT2D eigenvalue weighted by molar-refractivity contribution is 0.598. The Morgan fingerprint density at radius 1 is 1.05 bits per heavy atom. The van der Waals surface area contributed by atoms with E-state index < -0.39 is 15.8 Å². The number of para-hydroxylation sites is 1. The van der Waals surface area contributed by atoms with Crippen molar-refractivity contribution in [3.63, 3.8) is 0 Å².